The van der Waals surface area contributed by atoms with Crippen molar-refractivity contribution in [2.45, 2.75) is 19.4 Å². The third-order valence-corrected chi connectivity index (χ3v) is 3.63. The number of esters is 1. The molecule has 22 heavy (non-hydrogen) atoms. The quantitative estimate of drug-likeness (QED) is 0.399. The minimum atomic E-state index is -0.731. The number of nitriles is 1. The fraction of sp³-hybridized carbons (Fsp3) is 0.312. The lowest BCUT2D eigenvalue weighted by molar-refractivity contribution is -0.144. The summed E-state index contributed by atoms with van der Waals surface area (Å²) >= 11 is 5.80. The number of nitrogens with one attached hydrogen (secondary N) is 1. The van der Waals surface area contributed by atoms with Gasteiger partial charge in [0, 0.05) is 17.1 Å². The lowest BCUT2D eigenvalue weighted by atomic mass is 9.95. The normalized spacial score (nSPS) is 19.4. The van der Waals surface area contributed by atoms with Gasteiger partial charge in [-0.15, -0.1) is 0 Å². The van der Waals surface area contributed by atoms with E-state index in [1.165, 1.54) is 0 Å². The molecule has 1 atom stereocenters. The number of rotatable bonds is 4. The molecular formula is C16H15ClN2O3. The van der Waals surface area contributed by atoms with Crippen molar-refractivity contribution < 1.29 is 14.3 Å². The predicted octanol–water partition coefficient (Wildman–Crippen LogP) is 2.27. The van der Waals surface area contributed by atoms with Gasteiger partial charge < -0.3 is 10.1 Å². The van der Waals surface area contributed by atoms with Crippen molar-refractivity contribution in [3.63, 3.8) is 0 Å². The number of nitrogens with zero attached hydrogens (tertiary/aromatic N) is 1. The van der Waals surface area contributed by atoms with E-state index in [2.05, 4.69) is 5.32 Å². The first-order valence-corrected chi connectivity index (χ1v) is 7.29. The van der Waals surface area contributed by atoms with Crippen LogP contribution in [0.15, 0.2) is 35.4 Å². The summed E-state index contributed by atoms with van der Waals surface area (Å²) in [6.45, 7) is 2.48. The molecule has 1 aromatic rings. The van der Waals surface area contributed by atoms with Crippen molar-refractivity contribution in [3.05, 3.63) is 46.0 Å². The molecule has 1 heterocycles. The zero-order valence-corrected chi connectivity index (χ0v) is 12.8. The van der Waals surface area contributed by atoms with Gasteiger partial charge in [0.2, 0.25) is 5.78 Å². The summed E-state index contributed by atoms with van der Waals surface area (Å²) < 4.78 is 4.98. The van der Waals surface area contributed by atoms with Gasteiger partial charge in [0.05, 0.1) is 6.61 Å². The number of ketones is 1. The molecule has 114 valence electrons. The van der Waals surface area contributed by atoms with E-state index in [0.29, 0.717) is 29.1 Å². The molecule has 1 aliphatic heterocycles. The fourth-order valence-electron chi connectivity index (χ4n) is 2.35. The molecule has 1 aliphatic rings. The van der Waals surface area contributed by atoms with E-state index in [9.17, 15) is 14.9 Å². The smallest absolute Gasteiger partial charge is 0.327 e. The van der Waals surface area contributed by atoms with Gasteiger partial charge in [-0.2, -0.15) is 5.26 Å². The molecule has 0 bridgehead atoms. The second-order valence-electron chi connectivity index (χ2n) is 4.74. The van der Waals surface area contributed by atoms with Crippen LogP contribution >= 0.6 is 11.6 Å². The molecule has 1 aromatic carbocycles. The van der Waals surface area contributed by atoms with Gasteiger partial charge in [0.1, 0.15) is 17.7 Å². The van der Waals surface area contributed by atoms with Gasteiger partial charge >= 0.3 is 5.97 Å². The average molecular weight is 319 g/mol. The van der Waals surface area contributed by atoms with E-state index in [0.717, 1.165) is 0 Å². The van der Waals surface area contributed by atoms with E-state index in [1.807, 2.05) is 6.07 Å². The molecule has 0 aliphatic carbocycles. The minimum Gasteiger partial charge on any atom is -0.465 e. The number of benzene rings is 1. The summed E-state index contributed by atoms with van der Waals surface area (Å²) in [6.07, 6.45) is 0.464. The zero-order valence-electron chi connectivity index (χ0n) is 12.1. The predicted molar refractivity (Wildman–Crippen MR) is 81.5 cm³/mol. The summed E-state index contributed by atoms with van der Waals surface area (Å²) in [5.41, 5.74) is 0.842. The number of carbonyl (C=O) groups excluding carboxylic acids is 2. The molecule has 0 radical (unpaired) electrons. The van der Waals surface area contributed by atoms with Crippen molar-refractivity contribution in [1.29, 1.82) is 5.26 Å². The number of ether oxygens (including phenoxy) is 1. The van der Waals surface area contributed by atoms with Gasteiger partial charge in [0.15, 0.2) is 0 Å². The Morgan fingerprint density at radius 3 is 2.68 bits per heavy atom. The molecule has 1 saturated heterocycles. The van der Waals surface area contributed by atoms with Crippen LogP contribution in [0, 0.1) is 11.3 Å². The molecule has 0 aromatic heterocycles. The van der Waals surface area contributed by atoms with E-state index in [4.69, 9.17) is 16.3 Å². The lowest BCUT2D eigenvalue weighted by Crippen LogP contribution is -2.34. The molecule has 0 saturated carbocycles. The second kappa shape index (κ2) is 7.21. The Balaban J connectivity index is 2.36. The number of allylic oxidation sites excluding steroid dienone is 1. The van der Waals surface area contributed by atoms with Crippen molar-refractivity contribution in [2.75, 3.05) is 13.2 Å². The molecule has 5 nitrogen and oxygen atoms in total. The van der Waals surface area contributed by atoms with Crippen LogP contribution in [0.3, 0.4) is 0 Å². The van der Waals surface area contributed by atoms with Crippen LogP contribution in [-0.4, -0.2) is 30.9 Å². The highest BCUT2D eigenvalue weighted by atomic mass is 35.5. The van der Waals surface area contributed by atoms with Gasteiger partial charge in [0.25, 0.3) is 0 Å². The van der Waals surface area contributed by atoms with Gasteiger partial charge in [-0.25, -0.2) is 4.79 Å². The van der Waals surface area contributed by atoms with Crippen LogP contribution in [0.1, 0.15) is 23.7 Å². The maximum Gasteiger partial charge on any atom is 0.327 e. The third-order valence-electron chi connectivity index (χ3n) is 3.38. The van der Waals surface area contributed by atoms with Crippen LogP contribution in [0.25, 0.3) is 0 Å². The monoisotopic (exact) mass is 318 g/mol. The van der Waals surface area contributed by atoms with Gasteiger partial charge in [-0.05, 0) is 43.2 Å². The summed E-state index contributed by atoms with van der Waals surface area (Å²) in [5.74, 6) is -0.876. The summed E-state index contributed by atoms with van der Waals surface area (Å²) in [4.78, 5) is 24.4. The Morgan fingerprint density at radius 2 is 2.09 bits per heavy atom. The highest BCUT2D eigenvalue weighted by Gasteiger charge is 2.33. The lowest BCUT2D eigenvalue weighted by Gasteiger charge is -2.12. The van der Waals surface area contributed by atoms with Crippen molar-refractivity contribution in [3.8, 4) is 6.07 Å². The SMILES string of the molecule is CCOC(=O)C1NCCC1=C(C#N)C(=O)c1ccc(Cl)cc1. The maximum absolute atomic E-state index is 12.5. The van der Waals surface area contributed by atoms with Crippen molar-refractivity contribution in [2.24, 2.45) is 0 Å². The van der Waals surface area contributed by atoms with Crippen LogP contribution in [0.4, 0.5) is 0 Å². The van der Waals surface area contributed by atoms with Crippen LogP contribution in [0.2, 0.25) is 5.02 Å². The number of Topliss-reactive ketones (excluding diaryl/α,β-unsaturated/α-hetero) is 1. The topological polar surface area (TPSA) is 79.2 Å². The van der Waals surface area contributed by atoms with Crippen LogP contribution in [-0.2, 0) is 9.53 Å². The Labute approximate surface area is 133 Å². The van der Waals surface area contributed by atoms with Crippen molar-refractivity contribution in [1.82, 2.24) is 5.32 Å². The second-order valence-corrected chi connectivity index (χ2v) is 5.17. The van der Waals surface area contributed by atoms with Gasteiger partial charge in [-0.1, -0.05) is 11.6 Å². The average Bonchev–Trinajstić information content (AvgIpc) is 2.98. The number of hydrogen-bond acceptors (Lipinski definition) is 5. The molecule has 1 N–H and O–H groups in total. The van der Waals surface area contributed by atoms with Gasteiger partial charge in [-0.3, -0.25) is 4.79 Å². The number of halogens is 1. The highest BCUT2D eigenvalue weighted by Crippen LogP contribution is 2.23. The molecule has 6 heteroatoms. The molecule has 1 fully saturated rings. The largest absolute Gasteiger partial charge is 0.465 e. The van der Waals surface area contributed by atoms with Crippen LogP contribution in [0.5, 0.6) is 0 Å². The molecule has 0 spiro atoms. The molecule has 1 unspecified atom stereocenters. The first-order valence-electron chi connectivity index (χ1n) is 6.92. The minimum absolute atomic E-state index is 0.00891. The first-order chi connectivity index (χ1) is 10.6. The van der Waals surface area contributed by atoms with E-state index < -0.39 is 17.8 Å². The maximum atomic E-state index is 12.5. The molecular weight excluding hydrogens is 304 g/mol. The third kappa shape index (κ3) is 3.35. The number of carbonyl (C=O) groups is 2. The Bertz CT molecular complexity index is 659. The summed E-state index contributed by atoms with van der Waals surface area (Å²) in [7, 11) is 0. The highest BCUT2D eigenvalue weighted by molar-refractivity contribution is 6.30. The fourth-order valence-corrected chi connectivity index (χ4v) is 2.48. The molecule has 2 rings (SSSR count). The molecule has 0 amide bonds. The zero-order chi connectivity index (χ0) is 16.1. The van der Waals surface area contributed by atoms with E-state index in [1.54, 1.807) is 31.2 Å². The first kappa shape index (κ1) is 16.2. The standard InChI is InChI=1S/C16H15ClN2O3/c1-2-22-16(21)14-12(7-8-19-14)13(9-18)15(20)10-3-5-11(17)6-4-10/h3-6,14,19H,2,7-8H2,1H3. The van der Waals surface area contributed by atoms with Crippen molar-refractivity contribution >= 4 is 23.4 Å². The van der Waals surface area contributed by atoms with E-state index in [-0.39, 0.29) is 12.2 Å². The Morgan fingerprint density at radius 1 is 1.41 bits per heavy atom. The number of hydrogen-bond donors (Lipinski definition) is 1. The summed E-state index contributed by atoms with van der Waals surface area (Å²) in [6, 6.07) is 7.50. The van der Waals surface area contributed by atoms with E-state index >= 15 is 0 Å². The Hall–Kier alpha value is -2.16. The summed E-state index contributed by atoms with van der Waals surface area (Å²) in [5, 5.41) is 12.8. The Kier molecular flexibility index (Phi) is 5.31. The van der Waals surface area contributed by atoms with Crippen LogP contribution < -0.4 is 5.32 Å².